The van der Waals surface area contributed by atoms with E-state index in [9.17, 15) is 0 Å². The van der Waals surface area contributed by atoms with Gasteiger partial charge in [-0.25, -0.2) is 4.98 Å². The lowest BCUT2D eigenvalue weighted by molar-refractivity contribution is 0.0952. The van der Waals surface area contributed by atoms with Gasteiger partial charge in [0.1, 0.15) is 11.9 Å². The molecule has 0 saturated carbocycles. The highest BCUT2D eigenvalue weighted by atomic mass is 35.5. The van der Waals surface area contributed by atoms with Gasteiger partial charge >= 0.3 is 0 Å². The number of hydrogen-bond donors (Lipinski definition) is 0. The van der Waals surface area contributed by atoms with Crippen molar-refractivity contribution in [2.45, 2.75) is 13.0 Å². The molecule has 1 aromatic heterocycles. The Morgan fingerprint density at radius 1 is 1.40 bits per heavy atom. The fourth-order valence-electron chi connectivity index (χ4n) is 2.42. The molecule has 1 aliphatic heterocycles. The molecule has 5 nitrogen and oxygen atoms in total. The summed E-state index contributed by atoms with van der Waals surface area (Å²) >= 11 is 5.91. The van der Waals surface area contributed by atoms with E-state index < -0.39 is 0 Å². The summed E-state index contributed by atoms with van der Waals surface area (Å²) < 4.78 is 5.19. The minimum atomic E-state index is 0.291. The SMILES string of the molecule is COC[C@H](C)N1CCN(c2ccc(Cl)c(C#N)n2)CC1. The molecule has 1 fully saturated rings. The van der Waals surface area contributed by atoms with Crippen molar-refractivity contribution in [1.29, 1.82) is 5.26 Å². The number of ether oxygens (including phenoxy) is 1. The van der Waals surface area contributed by atoms with Crippen molar-refractivity contribution in [2.24, 2.45) is 0 Å². The van der Waals surface area contributed by atoms with E-state index >= 15 is 0 Å². The first-order valence-electron chi connectivity index (χ1n) is 6.70. The molecule has 1 aromatic rings. The third-order valence-electron chi connectivity index (χ3n) is 3.61. The maximum atomic E-state index is 8.98. The summed E-state index contributed by atoms with van der Waals surface area (Å²) in [4.78, 5) is 8.90. The lowest BCUT2D eigenvalue weighted by Crippen LogP contribution is -2.51. The molecule has 0 spiro atoms. The second-order valence-electron chi connectivity index (χ2n) is 4.94. The molecule has 1 atom stereocenters. The van der Waals surface area contributed by atoms with Crippen molar-refractivity contribution in [3.05, 3.63) is 22.8 Å². The summed E-state index contributed by atoms with van der Waals surface area (Å²) in [6.07, 6.45) is 0. The fourth-order valence-corrected chi connectivity index (χ4v) is 2.57. The zero-order valence-corrected chi connectivity index (χ0v) is 12.6. The molecule has 6 heteroatoms. The van der Waals surface area contributed by atoms with Gasteiger partial charge in [0.05, 0.1) is 11.6 Å². The Morgan fingerprint density at radius 2 is 2.10 bits per heavy atom. The van der Waals surface area contributed by atoms with Gasteiger partial charge in [0.2, 0.25) is 0 Å². The molecule has 1 aliphatic rings. The van der Waals surface area contributed by atoms with E-state index in [0.29, 0.717) is 16.8 Å². The number of halogens is 1. The molecule has 1 saturated heterocycles. The zero-order chi connectivity index (χ0) is 14.5. The molecule has 0 aromatic carbocycles. The minimum absolute atomic E-state index is 0.291. The van der Waals surface area contributed by atoms with Gasteiger partial charge in [-0.1, -0.05) is 11.6 Å². The predicted molar refractivity (Wildman–Crippen MR) is 79.1 cm³/mol. The summed E-state index contributed by atoms with van der Waals surface area (Å²) in [6.45, 7) is 6.65. The van der Waals surface area contributed by atoms with Crippen LogP contribution in [0.15, 0.2) is 12.1 Å². The Balaban J connectivity index is 1.99. The van der Waals surface area contributed by atoms with Crippen molar-refractivity contribution < 1.29 is 4.74 Å². The minimum Gasteiger partial charge on any atom is -0.383 e. The van der Waals surface area contributed by atoms with Gasteiger partial charge in [0, 0.05) is 39.3 Å². The van der Waals surface area contributed by atoms with Gasteiger partial charge in [-0.05, 0) is 19.1 Å². The van der Waals surface area contributed by atoms with Crippen LogP contribution in [0.25, 0.3) is 0 Å². The van der Waals surface area contributed by atoms with E-state index in [-0.39, 0.29) is 0 Å². The number of nitriles is 1. The molecule has 0 radical (unpaired) electrons. The highest BCUT2D eigenvalue weighted by Crippen LogP contribution is 2.20. The van der Waals surface area contributed by atoms with Gasteiger partial charge in [-0.2, -0.15) is 5.26 Å². The molecule has 2 heterocycles. The van der Waals surface area contributed by atoms with Gasteiger partial charge in [-0.3, -0.25) is 4.90 Å². The number of hydrogen-bond acceptors (Lipinski definition) is 5. The van der Waals surface area contributed by atoms with E-state index in [2.05, 4.69) is 21.7 Å². The largest absolute Gasteiger partial charge is 0.383 e. The quantitative estimate of drug-likeness (QED) is 0.847. The Labute approximate surface area is 124 Å². The Bertz CT molecular complexity index is 494. The van der Waals surface area contributed by atoms with E-state index in [1.807, 2.05) is 12.1 Å². The number of pyridine rings is 1. The van der Waals surface area contributed by atoms with Gasteiger partial charge in [0.15, 0.2) is 5.69 Å². The van der Waals surface area contributed by atoms with Crippen LogP contribution in [-0.2, 0) is 4.74 Å². The molecule has 0 amide bonds. The van der Waals surface area contributed by atoms with E-state index in [4.69, 9.17) is 21.6 Å². The average molecular weight is 295 g/mol. The maximum Gasteiger partial charge on any atom is 0.161 e. The average Bonchev–Trinajstić information content (AvgIpc) is 2.48. The summed E-state index contributed by atoms with van der Waals surface area (Å²) in [5.41, 5.74) is 0.291. The van der Waals surface area contributed by atoms with Crippen LogP contribution in [0.3, 0.4) is 0 Å². The van der Waals surface area contributed by atoms with Crippen LogP contribution < -0.4 is 4.90 Å². The van der Waals surface area contributed by atoms with Crippen molar-refractivity contribution in [1.82, 2.24) is 9.88 Å². The smallest absolute Gasteiger partial charge is 0.161 e. The maximum absolute atomic E-state index is 8.98. The van der Waals surface area contributed by atoms with Crippen molar-refractivity contribution in [3.63, 3.8) is 0 Å². The lowest BCUT2D eigenvalue weighted by Gasteiger charge is -2.38. The van der Waals surface area contributed by atoms with Gasteiger partial charge in [-0.15, -0.1) is 0 Å². The number of nitrogens with zero attached hydrogens (tertiary/aromatic N) is 4. The van der Waals surface area contributed by atoms with Crippen molar-refractivity contribution >= 4 is 17.4 Å². The first-order chi connectivity index (χ1) is 9.65. The summed E-state index contributed by atoms with van der Waals surface area (Å²) in [5, 5.41) is 9.38. The number of anilines is 1. The first-order valence-corrected chi connectivity index (χ1v) is 7.08. The Hall–Kier alpha value is -1.35. The molecule has 0 bridgehead atoms. The monoisotopic (exact) mass is 294 g/mol. The summed E-state index contributed by atoms with van der Waals surface area (Å²) in [6, 6.07) is 6.06. The molecule has 0 aliphatic carbocycles. The lowest BCUT2D eigenvalue weighted by atomic mass is 10.2. The van der Waals surface area contributed by atoms with Crippen LogP contribution in [0.2, 0.25) is 5.02 Å². The number of rotatable bonds is 4. The normalized spacial score (nSPS) is 17.8. The fraction of sp³-hybridized carbons (Fsp3) is 0.571. The highest BCUT2D eigenvalue weighted by Gasteiger charge is 2.22. The number of aromatic nitrogens is 1. The van der Waals surface area contributed by atoms with Crippen LogP contribution in [0.4, 0.5) is 5.82 Å². The van der Waals surface area contributed by atoms with E-state index in [1.165, 1.54) is 0 Å². The van der Waals surface area contributed by atoms with Crippen molar-refractivity contribution in [2.75, 3.05) is 44.8 Å². The molecular formula is C14H19ClN4O. The molecule has 0 N–H and O–H groups in total. The van der Waals surface area contributed by atoms with Crippen LogP contribution in [-0.4, -0.2) is 55.8 Å². The zero-order valence-electron chi connectivity index (χ0n) is 11.8. The standard InChI is InChI=1S/C14H19ClN4O/c1-11(10-20-2)18-5-7-19(8-6-18)14-4-3-12(15)13(9-16)17-14/h3-4,11H,5-8,10H2,1-2H3/t11-/m0/s1. The Kier molecular flexibility index (Phi) is 5.18. The molecule has 108 valence electrons. The molecular weight excluding hydrogens is 276 g/mol. The summed E-state index contributed by atoms with van der Waals surface area (Å²) in [7, 11) is 1.73. The van der Waals surface area contributed by atoms with Crippen molar-refractivity contribution in [3.8, 4) is 6.07 Å². The van der Waals surface area contributed by atoms with Gasteiger partial charge in [0.25, 0.3) is 0 Å². The first kappa shape index (κ1) is 15.0. The summed E-state index contributed by atoms with van der Waals surface area (Å²) in [5.74, 6) is 0.824. The van der Waals surface area contributed by atoms with E-state index in [1.54, 1.807) is 13.2 Å². The van der Waals surface area contributed by atoms with Crippen LogP contribution in [0.5, 0.6) is 0 Å². The number of piperazine rings is 1. The second-order valence-corrected chi connectivity index (χ2v) is 5.35. The van der Waals surface area contributed by atoms with Crippen LogP contribution in [0, 0.1) is 11.3 Å². The third-order valence-corrected chi connectivity index (χ3v) is 3.91. The molecule has 20 heavy (non-hydrogen) atoms. The second kappa shape index (κ2) is 6.89. The van der Waals surface area contributed by atoms with Gasteiger partial charge < -0.3 is 9.64 Å². The molecule has 2 rings (SSSR count). The van der Waals surface area contributed by atoms with Crippen LogP contribution in [0.1, 0.15) is 12.6 Å². The molecule has 0 unspecified atom stereocenters. The third kappa shape index (κ3) is 3.40. The van der Waals surface area contributed by atoms with Crippen LogP contribution >= 0.6 is 11.6 Å². The highest BCUT2D eigenvalue weighted by molar-refractivity contribution is 6.31. The predicted octanol–water partition coefficient (Wildman–Crippen LogP) is 1.76. The Morgan fingerprint density at radius 3 is 2.70 bits per heavy atom. The topological polar surface area (TPSA) is 52.4 Å². The van der Waals surface area contributed by atoms with E-state index in [0.717, 1.165) is 38.6 Å². The number of methoxy groups -OCH3 is 1.